The zero-order valence-electron chi connectivity index (χ0n) is 21.4. The number of nitrogens with zero attached hydrogens (tertiary/aromatic N) is 3. The Labute approximate surface area is 228 Å². The lowest BCUT2D eigenvalue weighted by atomic mass is 9.66. The van der Waals surface area contributed by atoms with Crippen LogP contribution >= 0.6 is 11.3 Å². The number of aliphatic hydroxyl groups is 1. The van der Waals surface area contributed by atoms with E-state index in [1.807, 2.05) is 49.4 Å². The minimum atomic E-state index is -1.18. The van der Waals surface area contributed by atoms with Gasteiger partial charge in [-0.25, -0.2) is 9.88 Å². The second kappa shape index (κ2) is 8.33. The average molecular weight is 540 g/mol. The van der Waals surface area contributed by atoms with Crippen LogP contribution in [0.1, 0.15) is 30.3 Å². The third kappa shape index (κ3) is 3.32. The molecule has 0 spiro atoms. The average Bonchev–Trinajstić information content (AvgIpc) is 3.58. The number of carbonyl (C=O) groups excluding carboxylic acids is 2. The second-order valence-corrected chi connectivity index (χ2v) is 12.0. The molecule has 196 valence electrons. The van der Waals surface area contributed by atoms with E-state index >= 15 is 0 Å². The Morgan fingerprint density at radius 2 is 1.92 bits per heavy atom. The van der Waals surface area contributed by atoms with Gasteiger partial charge in [0.2, 0.25) is 11.8 Å². The van der Waals surface area contributed by atoms with E-state index < -0.39 is 29.1 Å². The van der Waals surface area contributed by atoms with Gasteiger partial charge in [-0.05, 0) is 38.1 Å². The maximum atomic E-state index is 14.1. The number of rotatable bonds is 5. The molecule has 1 N–H and O–H groups in total. The van der Waals surface area contributed by atoms with E-state index in [9.17, 15) is 20.0 Å². The van der Waals surface area contributed by atoms with Gasteiger partial charge in [-0.2, -0.15) is 5.26 Å². The third-order valence-electron chi connectivity index (χ3n) is 8.64. The fourth-order valence-corrected chi connectivity index (χ4v) is 7.70. The largest absolute Gasteiger partial charge is 0.493 e. The summed E-state index contributed by atoms with van der Waals surface area (Å²) in [5, 5.41) is 22.9. The molecule has 0 aliphatic carbocycles. The molecule has 3 aliphatic heterocycles. The number of fused-ring (bicyclic) bond motifs is 7. The molecular formula is C30H25N3O5S. The number of carbonyl (C=O) groups is 2. The minimum absolute atomic E-state index is 0.249. The first kappa shape index (κ1) is 24.2. The number of hydrogen-bond donors (Lipinski definition) is 1. The van der Waals surface area contributed by atoms with Gasteiger partial charge < -0.3 is 14.6 Å². The zero-order chi connectivity index (χ0) is 27.1. The van der Waals surface area contributed by atoms with Crippen molar-refractivity contribution in [3.8, 4) is 11.8 Å². The first-order chi connectivity index (χ1) is 18.8. The Morgan fingerprint density at radius 1 is 1.15 bits per heavy atom. The Bertz CT molecular complexity index is 1740. The number of aromatic nitrogens is 1. The topological polar surface area (TPSA) is 113 Å². The summed E-state index contributed by atoms with van der Waals surface area (Å²) in [6, 6.07) is 18.5. The lowest BCUT2D eigenvalue weighted by Crippen LogP contribution is -2.49. The maximum absolute atomic E-state index is 14.1. The van der Waals surface area contributed by atoms with Gasteiger partial charge in [-0.15, -0.1) is 11.3 Å². The predicted molar refractivity (Wildman–Crippen MR) is 145 cm³/mol. The number of nitriles is 1. The van der Waals surface area contributed by atoms with Crippen LogP contribution in [0, 0.1) is 30.1 Å². The monoisotopic (exact) mass is 539 g/mol. The van der Waals surface area contributed by atoms with Crippen molar-refractivity contribution in [3.63, 3.8) is 0 Å². The molecule has 5 atom stereocenters. The first-order valence-corrected chi connectivity index (χ1v) is 13.8. The SMILES string of the molecule is Cc1nc2cc(OCCC34CC(O)C(C)(O3)C3C(=O)N(c5ccc(C#N)c6ccccc56)C(=O)C34)ccc2s1. The van der Waals surface area contributed by atoms with Gasteiger partial charge >= 0.3 is 0 Å². The van der Waals surface area contributed by atoms with Crippen LogP contribution in [0.25, 0.3) is 21.0 Å². The van der Waals surface area contributed by atoms with Crippen molar-refractivity contribution in [2.45, 2.75) is 44.0 Å². The van der Waals surface area contributed by atoms with E-state index in [0.717, 1.165) is 15.2 Å². The van der Waals surface area contributed by atoms with Gasteiger partial charge in [0.15, 0.2) is 0 Å². The molecule has 4 aromatic rings. The van der Waals surface area contributed by atoms with Gasteiger partial charge in [0.05, 0.1) is 62.7 Å². The quantitative estimate of drug-likeness (QED) is 0.372. The summed E-state index contributed by atoms with van der Waals surface area (Å²) in [7, 11) is 0. The maximum Gasteiger partial charge on any atom is 0.240 e. The van der Waals surface area contributed by atoms with Crippen molar-refractivity contribution >= 4 is 49.8 Å². The van der Waals surface area contributed by atoms with E-state index in [0.29, 0.717) is 34.2 Å². The lowest BCUT2D eigenvalue weighted by Gasteiger charge is -2.33. The number of anilines is 1. The van der Waals surface area contributed by atoms with Crippen LogP contribution < -0.4 is 9.64 Å². The van der Waals surface area contributed by atoms with Gasteiger partial charge in [0.1, 0.15) is 11.4 Å². The Kier molecular flexibility index (Phi) is 5.17. The van der Waals surface area contributed by atoms with Crippen molar-refractivity contribution in [3.05, 3.63) is 65.2 Å². The summed E-state index contributed by atoms with van der Waals surface area (Å²) >= 11 is 1.62. The molecule has 9 heteroatoms. The smallest absolute Gasteiger partial charge is 0.240 e. The highest BCUT2D eigenvalue weighted by Crippen LogP contribution is 2.62. The molecule has 8 nitrogen and oxygen atoms in total. The fraction of sp³-hybridized carbons (Fsp3) is 0.333. The molecule has 2 amide bonds. The number of thiazole rings is 1. The molecule has 0 radical (unpaired) electrons. The highest BCUT2D eigenvalue weighted by Gasteiger charge is 2.77. The minimum Gasteiger partial charge on any atom is -0.493 e. The number of amides is 2. The Balaban J connectivity index is 1.21. The number of aliphatic hydroxyl groups excluding tert-OH is 1. The second-order valence-electron chi connectivity index (χ2n) is 10.8. The zero-order valence-corrected chi connectivity index (χ0v) is 22.2. The molecule has 0 saturated carbocycles. The molecule has 3 saturated heterocycles. The van der Waals surface area contributed by atoms with E-state index in [-0.39, 0.29) is 24.8 Å². The van der Waals surface area contributed by atoms with Crippen LogP contribution in [0.3, 0.4) is 0 Å². The van der Waals surface area contributed by atoms with E-state index in [1.54, 1.807) is 30.4 Å². The highest BCUT2D eigenvalue weighted by molar-refractivity contribution is 7.18. The van der Waals surface area contributed by atoms with E-state index in [4.69, 9.17) is 9.47 Å². The summed E-state index contributed by atoms with van der Waals surface area (Å²) in [4.78, 5) is 33.7. The van der Waals surface area contributed by atoms with E-state index in [1.165, 1.54) is 4.90 Å². The molecule has 3 aromatic carbocycles. The van der Waals surface area contributed by atoms with Gasteiger partial charge in [0.25, 0.3) is 0 Å². The lowest BCUT2D eigenvalue weighted by molar-refractivity contribution is -0.134. The highest BCUT2D eigenvalue weighted by atomic mass is 32.1. The van der Waals surface area contributed by atoms with Gasteiger partial charge in [0, 0.05) is 29.7 Å². The predicted octanol–water partition coefficient (Wildman–Crippen LogP) is 4.50. The number of imide groups is 1. The van der Waals surface area contributed by atoms with Gasteiger partial charge in [-0.1, -0.05) is 24.3 Å². The third-order valence-corrected chi connectivity index (χ3v) is 9.59. The molecule has 1 aromatic heterocycles. The van der Waals surface area contributed by atoms with Crippen molar-refractivity contribution in [1.82, 2.24) is 4.98 Å². The van der Waals surface area contributed by atoms with Crippen LogP contribution in [0.4, 0.5) is 5.69 Å². The van der Waals surface area contributed by atoms with Crippen LogP contribution in [-0.2, 0) is 14.3 Å². The van der Waals surface area contributed by atoms with Crippen molar-refractivity contribution < 1.29 is 24.2 Å². The Morgan fingerprint density at radius 3 is 2.72 bits per heavy atom. The van der Waals surface area contributed by atoms with Crippen molar-refractivity contribution in [2.75, 3.05) is 11.5 Å². The first-order valence-electron chi connectivity index (χ1n) is 12.9. The fourth-order valence-electron chi connectivity index (χ4n) is 6.89. The van der Waals surface area contributed by atoms with Crippen LogP contribution in [0.15, 0.2) is 54.6 Å². The molecule has 39 heavy (non-hydrogen) atoms. The van der Waals surface area contributed by atoms with Crippen molar-refractivity contribution in [1.29, 1.82) is 5.26 Å². The van der Waals surface area contributed by atoms with Crippen LogP contribution in [0.5, 0.6) is 5.75 Å². The molecule has 7 rings (SSSR count). The van der Waals surface area contributed by atoms with Crippen LogP contribution in [0.2, 0.25) is 0 Å². The summed E-state index contributed by atoms with van der Waals surface area (Å²) in [6.07, 6.45) is -0.294. The van der Waals surface area contributed by atoms with Gasteiger partial charge in [-0.3, -0.25) is 9.59 Å². The summed E-state index contributed by atoms with van der Waals surface area (Å²) in [6.45, 7) is 3.95. The molecule has 3 fully saturated rings. The molecule has 5 unspecified atom stereocenters. The molecule has 2 bridgehead atoms. The number of ether oxygens (including phenoxy) is 2. The summed E-state index contributed by atoms with van der Waals surface area (Å²) in [5.74, 6) is -1.60. The van der Waals surface area contributed by atoms with Crippen molar-refractivity contribution in [2.24, 2.45) is 11.8 Å². The standard InChI is InChI=1S/C30H25N3O5S/c1-16-32-21-13-18(8-10-23(21)39-16)37-12-11-30-14-24(34)29(2,38-30)25-26(30)28(36)33(27(25)35)22-9-7-17(15-31)19-5-3-4-6-20(19)22/h3-10,13,24-26,34H,11-12,14H2,1-2H3. The summed E-state index contributed by atoms with van der Waals surface area (Å²) in [5.41, 5.74) is -0.407. The Hall–Kier alpha value is -3.84. The molecule has 4 heterocycles. The number of aryl methyl sites for hydroxylation is 1. The van der Waals surface area contributed by atoms with Crippen LogP contribution in [-0.4, -0.2) is 45.8 Å². The molecular weight excluding hydrogens is 514 g/mol. The number of benzene rings is 3. The van der Waals surface area contributed by atoms with E-state index in [2.05, 4.69) is 11.1 Å². The number of hydrogen-bond acceptors (Lipinski definition) is 8. The molecule has 3 aliphatic rings. The summed E-state index contributed by atoms with van der Waals surface area (Å²) < 4.78 is 13.6. The normalized spacial score (nSPS) is 29.4.